The van der Waals surface area contributed by atoms with Gasteiger partial charge in [-0.05, 0) is 43.4 Å². The first-order chi connectivity index (χ1) is 17.6. The average molecular weight is 494 g/mol. The molecule has 3 aromatic heterocycles. The number of rotatable bonds is 8. The van der Waals surface area contributed by atoms with Crippen molar-refractivity contribution in [1.29, 1.82) is 0 Å². The maximum absolute atomic E-state index is 13.0. The van der Waals surface area contributed by atoms with Gasteiger partial charge in [0.05, 0.1) is 19.8 Å². The van der Waals surface area contributed by atoms with E-state index in [9.17, 15) is 4.79 Å². The van der Waals surface area contributed by atoms with Gasteiger partial charge in [-0.3, -0.25) is 4.79 Å². The van der Waals surface area contributed by atoms with Gasteiger partial charge < -0.3 is 29.4 Å². The molecule has 1 unspecified atom stereocenters. The lowest BCUT2D eigenvalue weighted by atomic mass is 9.89. The number of carbonyl (C=O) groups excluding carboxylic acids is 1. The molecule has 190 valence electrons. The maximum atomic E-state index is 13.0. The molecule has 0 spiro atoms. The summed E-state index contributed by atoms with van der Waals surface area (Å²) in [6, 6.07) is 4.35. The van der Waals surface area contributed by atoms with Crippen LogP contribution in [0, 0.1) is 11.8 Å². The number of aromatic nitrogens is 5. The highest BCUT2D eigenvalue weighted by molar-refractivity contribution is 5.91. The molecule has 3 aromatic rings. The van der Waals surface area contributed by atoms with Gasteiger partial charge in [0.25, 0.3) is 5.91 Å². The lowest BCUT2D eigenvalue weighted by molar-refractivity contribution is 0.0835. The number of hydrogen-bond donors (Lipinski definition) is 2. The molecule has 3 fully saturated rings. The summed E-state index contributed by atoms with van der Waals surface area (Å²) < 4.78 is 16.5. The van der Waals surface area contributed by atoms with Crippen LogP contribution in [0.3, 0.4) is 0 Å². The van der Waals surface area contributed by atoms with Crippen LogP contribution in [0.5, 0.6) is 6.01 Å². The highest BCUT2D eigenvalue weighted by Gasteiger charge is 2.55. The molecule has 2 aliphatic heterocycles. The molecule has 1 saturated carbocycles. The summed E-state index contributed by atoms with van der Waals surface area (Å²) in [6.45, 7) is 5.18. The van der Waals surface area contributed by atoms with Crippen molar-refractivity contribution in [3.8, 4) is 6.01 Å². The molecule has 0 bridgehead atoms. The third kappa shape index (κ3) is 4.48. The fraction of sp³-hybridized carbons (Fsp3) is 0.560. The summed E-state index contributed by atoms with van der Waals surface area (Å²) in [4.78, 5) is 36.3. The van der Waals surface area contributed by atoms with Crippen LogP contribution in [0.4, 0.5) is 5.95 Å². The van der Waals surface area contributed by atoms with Crippen LogP contribution in [0.2, 0.25) is 0 Å². The van der Waals surface area contributed by atoms with E-state index >= 15 is 0 Å². The van der Waals surface area contributed by atoms with E-state index in [-0.39, 0.29) is 29.9 Å². The second-order valence-electron chi connectivity index (χ2n) is 9.89. The molecular weight excluding hydrogens is 462 g/mol. The molecule has 0 aromatic carbocycles. The highest BCUT2D eigenvalue weighted by Crippen LogP contribution is 2.44. The fourth-order valence-electron chi connectivity index (χ4n) is 5.47. The van der Waals surface area contributed by atoms with Crippen molar-refractivity contribution in [3.63, 3.8) is 0 Å². The highest BCUT2D eigenvalue weighted by atomic mass is 16.5. The Balaban J connectivity index is 1.19. The summed E-state index contributed by atoms with van der Waals surface area (Å²) in [5, 5.41) is 4.24. The first kappa shape index (κ1) is 23.1. The van der Waals surface area contributed by atoms with Crippen LogP contribution in [0.1, 0.15) is 41.9 Å². The van der Waals surface area contributed by atoms with Crippen molar-refractivity contribution in [3.05, 3.63) is 35.9 Å². The van der Waals surface area contributed by atoms with Gasteiger partial charge in [-0.25, -0.2) is 4.98 Å². The molecule has 2 N–H and O–H groups in total. The Bertz CT molecular complexity index is 1230. The zero-order valence-electron chi connectivity index (χ0n) is 20.5. The number of methoxy groups -OCH3 is 1. The second-order valence-corrected chi connectivity index (χ2v) is 9.89. The number of anilines is 1. The van der Waals surface area contributed by atoms with Crippen molar-refractivity contribution in [2.45, 2.75) is 37.8 Å². The van der Waals surface area contributed by atoms with E-state index in [1.807, 2.05) is 13.0 Å². The molecule has 36 heavy (non-hydrogen) atoms. The average Bonchev–Trinajstić information content (AvgIpc) is 3.23. The third-order valence-electron chi connectivity index (χ3n) is 7.46. The van der Waals surface area contributed by atoms with Gasteiger partial charge in [0.1, 0.15) is 11.8 Å². The van der Waals surface area contributed by atoms with Gasteiger partial charge >= 0.3 is 6.01 Å². The minimum atomic E-state index is -0.302. The van der Waals surface area contributed by atoms with E-state index < -0.39 is 0 Å². The maximum Gasteiger partial charge on any atom is 0.322 e. The number of carbonyl (C=O) groups is 1. The van der Waals surface area contributed by atoms with Gasteiger partial charge in [0.2, 0.25) is 11.8 Å². The number of aromatic amines is 1. The summed E-state index contributed by atoms with van der Waals surface area (Å²) in [6.07, 6.45) is 5.50. The Labute approximate surface area is 209 Å². The predicted octanol–water partition coefficient (Wildman–Crippen LogP) is 1.92. The van der Waals surface area contributed by atoms with Crippen molar-refractivity contribution in [1.82, 2.24) is 30.2 Å². The van der Waals surface area contributed by atoms with E-state index in [4.69, 9.17) is 14.2 Å². The van der Waals surface area contributed by atoms with Crippen LogP contribution in [0.15, 0.2) is 24.5 Å². The predicted molar refractivity (Wildman–Crippen MR) is 131 cm³/mol. The topological polar surface area (TPSA) is 127 Å². The Morgan fingerprint density at radius 3 is 2.83 bits per heavy atom. The number of ether oxygens (including phenoxy) is 3. The first-order valence-corrected chi connectivity index (χ1v) is 12.6. The summed E-state index contributed by atoms with van der Waals surface area (Å²) in [7, 11) is 1.61. The molecule has 0 radical (unpaired) electrons. The molecule has 6 rings (SSSR count). The lowest BCUT2D eigenvalue weighted by Crippen LogP contribution is -2.36. The molecule has 3 aliphatic rings. The van der Waals surface area contributed by atoms with E-state index in [0.29, 0.717) is 43.5 Å². The van der Waals surface area contributed by atoms with Gasteiger partial charge in [-0.2, -0.15) is 15.0 Å². The molecule has 11 nitrogen and oxygen atoms in total. The summed E-state index contributed by atoms with van der Waals surface area (Å²) in [5.41, 5.74) is 2.21. The molecule has 2 saturated heterocycles. The zero-order valence-corrected chi connectivity index (χ0v) is 20.5. The number of nitrogens with one attached hydrogen (secondary N) is 2. The van der Waals surface area contributed by atoms with E-state index in [1.54, 1.807) is 13.3 Å². The van der Waals surface area contributed by atoms with Crippen molar-refractivity contribution in [2.24, 2.45) is 11.8 Å². The summed E-state index contributed by atoms with van der Waals surface area (Å²) in [5.74, 6) is 1.45. The van der Waals surface area contributed by atoms with Crippen LogP contribution >= 0.6 is 0 Å². The van der Waals surface area contributed by atoms with Crippen molar-refractivity contribution in [2.75, 3.05) is 44.9 Å². The normalized spacial score (nSPS) is 24.5. The number of amides is 1. The minimum absolute atomic E-state index is 0.0790. The second kappa shape index (κ2) is 9.62. The Hall–Kier alpha value is -3.31. The molecule has 1 aliphatic carbocycles. The lowest BCUT2D eigenvalue weighted by Gasteiger charge is -2.32. The largest absolute Gasteiger partial charge is 0.458 e. The van der Waals surface area contributed by atoms with E-state index in [1.165, 1.54) is 10.9 Å². The monoisotopic (exact) mass is 493 g/mol. The van der Waals surface area contributed by atoms with Crippen LogP contribution < -0.4 is 15.0 Å². The van der Waals surface area contributed by atoms with E-state index in [0.717, 1.165) is 31.6 Å². The number of nitrogens with zero attached hydrogens (tertiary/aromatic N) is 5. The van der Waals surface area contributed by atoms with Crippen molar-refractivity contribution < 1.29 is 19.0 Å². The Morgan fingerprint density at radius 2 is 2.06 bits per heavy atom. The minimum Gasteiger partial charge on any atom is -0.458 e. The van der Waals surface area contributed by atoms with Crippen LogP contribution in [0.25, 0.3) is 11.0 Å². The number of hydrogen-bond acceptors (Lipinski definition) is 9. The van der Waals surface area contributed by atoms with E-state index in [2.05, 4.69) is 47.4 Å². The zero-order chi connectivity index (χ0) is 24.6. The van der Waals surface area contributed by atoms with Gasteiger partial charge in [-0.1, -0.05) is 0 Å². The Kier molecular flexibility index (Phi) is 6.18. The number of piperidine rings is 1. The third-order valence-corrected chi connectivity index (χ3v) is 7.46. The SMILES string of the molecule is COC[C@@H](C)Oc1nc(C(=O)NC2[C@H]3COC[C@@H]23)nc(N2CCC(c3c[nH]c4ncccc34)CC2)n1. The molecule has 1 amide bonds. The standard InChI is InChI=1S/C25H31N7O4/c1-14(11-34-2)36-25-30-22(23(33)28-20-18-12-35-13-19(18)20)29-24(31-25)32-8-5-15(6-9-32)17-10-27-21-16(17)4-3-7-26-21/h3-4,7,10,14-15,18-20H,5-6,8-9,11-13H2,1-2H3,(H,26,27)(H,28,33)/t14-,18-,19+,20?/m1/s1. The number of pyridine rings is 1. The van der Waals surface area contributed by atoms with Gasteiger partial charge in [-0.15, -0.1) is 0 Å². The van der Waals surface area contributed by atoms with Crippen molar-refractivity contribution >= 4 is 22.9 Å². The molecule has 5 heterocycles. The smallest absolute Gasteiger partial charge is 0.322 e. The quantitative estimate of drug-likeness (QED) is 0.484. The van der Waals surface area contributed by atoms with Gasteiger partial charge in [0, 0.05) is 55.9 Å². The fourth-order valence-corrected chi connectivity index (χ4v) is 5.47. The molecule has 4 atom stereocenters. The number of H-pyrrole nitrogens is 1. The number of fused-ring (bicyclic) bond motifs is 2. The van der Waals surface area contributed by atoms with Crippen LogP contribution in [-0.2, 0) is 9.47 Å². The first-order valence-electron chi connectivity index (χ1n) is 12.6. The Morgan fingerprint density at radius 1 is 1.25 bits per heavy atom. The van der Waals surface area contributed by atoms with Crippen LogP contribution in [-0.4, -0.2) is 83.0 Å². The molecular formula is C25H31N7O4. The summed E-state index contributed by atoms with van der Waals surface area (Å²) >= 11 is 0. The molecule has 11 heteroatoms. The van der Waals surface area contributed by atoms with Gasteiger partial charge in [0.15, 0.2) is 0 Å².